The number of aryl methyl sites for hydroxylation is 2. The van der Waals surface area contributed by atoms with E-state index in [4.69, 9.17) is 0 Å². The third-order valence-corrected chi connectivity index (χ3v) is 5.93. The summed E-state index contributed by atoms with van der Waals surface area (Å²) in [5.74, 6) is 0. The maximum atomic E-state index is 2.37. The van der Waals surface area contributed by atoms with Crippen LogP contribution in [0.3, 0.4) is 0 Å². The van der Waals surface area contributed by atoms with Crippen molar-refractivity contribution >= 4 is 0 Å². The van der Waals surface area contributed by atoms with Crippen molar-refractivity contribution in [1.29, 1.82) is 0 Å². The van der Waals surface area contributed by atoms with Gasteiger partial charge in [-0.3, -0.25) is 0 Å². The zero-order valence-electron chi connectivity index (χ0n) is 14.6. The molecule has 1 aromatic heterocycles. The molecular formula is C23H22N+. The third-order valence-electron chi connectivity index (χ3n) is 5.93. The first kappa shape index (κ1) is 14.0. The molecule has 0 bridgehead atoms. The summed E-state index contributed by atoms with van der Waals surface area (Å²) >= 11 is 0. The van der Waals surface area contributed by atoms with Crippen LogP contribution in [0.15, 0.2) is 42.6 Å². The van der Waals surface area contributed by atoms with Gasteiger partial charge in [0.15, 0.2) is 6.20 Å². The fraction of sp³-hybridized carbons (Fsp3) is 0.261. The minimum atomic E-state index is 1.06. The summed E-state index contributed by atoms with van der Waals surface area (Å²) in [7, 11) is 2.18. The van der Waals surface area contributed by atoms with Gasteiger partial charge in [0.05, 0.1) is 5.56 Å². The number of hydrogen-bond donors (Lipinski definition) is 0. The van der Waals surface area contributed by atoms with E-state index in [0.717, 1.165) is 19.3 Å². The standard InChI is InChI=1S/C23H22N/c1-4-15-7-8-16-12-17-9-10-18-13-19-6-5-11-24(3)23(19)22(18)21(17)20(16)14(15)2/h5-11H,4,12-13H2,1-3H3/q+1. The van der Waals surface area contributed by atoms with Crippen molar-refractivity contribution in [3.63, 3.8) is 0 Å². The summed E-state index contributed by atoms with van der Waals surface area (Å²) < 4.78 is 2.30. The Morgan fingerprint density at radius 2 is 1.50 bits per heavy atom. The highest BCUT2D eigenvalue weighted by molar-refractivity contribution is 5.94. The summed E-state index contributed by atoms with van der Waals surface area (Å²) in [5.41, 5.74) is 14.8. The second-order valence-corrected chi connectivity index (χ2v) is 7.22. The Labute approximate surface area is 143 Å². The topological polar surface area (TPSA) is 3.88 Å². The Hall–Kier alpha value is -2.41. The highest BCUT2D eigenvalue weighted by Gasteiger charge is 2.34. The molecule has 24 heavy (non-hydrogen) atoms. The number of aromatic nitrogens is 1. The van der Waals surface area contributed by atoms with E-state index >= 15 is 0 Å². The van der Waals surface area contributed by atoms with Crippen molar-refractivity contribution in [2.75, 3.05) is 0 Å². The van der Waals surface area contributed by atoms with Crippen LogP contribution in [0.4, 0.5) is 0 Å². The quantitative estimate of drug-likeness (QED) is 0.401. The zero-order valence-corrected chi connectivity index (χ0v) is 14.6. The molecule has 0 unspecified atom stereocenters. The van der Waals surface area contributed by atoms with Gasteiger partial charge >= 0.3 is 0 Å². The van der Waals surface area contributed by atoms with E-state index < -0.39 is 0 Å². The van der Waals surface area contributed by atoms with Crippen LogP contribution in [-0.2, 0) is 26.3 Å². The molecule has 118 valence electrons. The minimum Gasteiger partial charge on any atom is -0.201 e. The van der Waals surface area contributed by atoms with E-state index in [9.17, 15) is 0 Å². The normalized spacial score (nSPS) is 13.5. The van der Waals surface area contributed by atoms with Crippen LogP contribution in [0.1, 0.15) is 40.3 Å². The Kier molecular flexibility index (Phi) is 2.79. The van der Waals surface area contributed by atoms with Gasteiger partial charge in [0, 0.05) is 18.1 Å². The molecule has 2 aromatic carbocycles. The Morgan fingerprint density at radius 1 is 0.833 bits per heavy atom. The van der Waals surface area contributed by atoms with Gasteiger partial charge in [0.2, 0.25) is 5.69 Å². The molecule has 0 amide bonds. The zero-order chi connectivity index (χ0) is 16.4. The molecule has 5 rings (SSSR count). The van der Waals surface area contributed by atoms with E-state index in [-0.39, 0.29) is 0 Å². The number of hydrogen-bond acceptors (Lipinski definition) is 0. The average Bonchev–Trinajstić information content (AvgIpc) is 3.13. The SMILES string of the molecule is CCc1ccc2c(c1C)-c1c(ccc3c1-c1c(ccc[n+]1C)C3)C2. The Morgan fingerprint density at radius 3 is 2.29 bits per heavy atom. The van der Waals surface area contributed by atoms with E-state index in [1.54, 1.807) is 0 Å². The molecule has 1 heteroatoms. The van der Waals surface area contributed by atoms with Gasteiger partial charge < -0.3 is 0 Å². The van der Waals surface area contributed by atoms with Gasteiger partial charge in [0.1, 0.15) is 7.05 Å². The van der Waals surface area contributed by atoms with Gasteiger partial charge in [-0.05, 0) is 64.8 Å². The second kappa shape index (κ2) is 4.80. The number of pyridine rings is 1. The molecule has 1 nitrogen and oxygen atoms in total. The number of benzene rings is 2. The van der Waals surface area contributed by atoms with Crippen LogP contribution in [0.25, 0.3) is 22.4 Å². The Bertz CT molecular complexity index is 1010. The van der Waals surface area contributed by atoms with Gasteiger partial charge in [-0.25, -0.2) is 4.57 Å². The highest BCUT2D eigenvalue weighted by Crippen LogP contribution is 2.49. The fourth-order valence-electron chi connectivity index (χ4n) is 4.79. The van der Waals surface area contributed by atoms with E-state index in [1.165, 1.54) is 55.8 Å². The Balaban J connectivity index is 1.88. The van der Waals surface area contributed by atoms with E-state index in [1.807, 2.05) is 0 Å². The van der Waals surface area contributed by atoms with Gasteiger partial charge in [0.25, 0.3) is 0 Å². The molecule has 0 fully saturated rings. The first-order valence-electron chi connectivity index (χ1n) is 8.93. The average molecular weight is 312 g/mol. The molecular weight excluding hydrogens is 290 g/mol. The van der Waals surface area contributed by atoms with Crippen molar-refractivity contribution < 1.29 is 4.57 Å². The third kappa shape index (κ3) is 1.67. The molecule has 0 aliphatic heterocycles. The summed E-state index contributed by atoms with van der Waals surface area (Å²) in [6.45, 7) is 4.57. The molecule has 2 aliphatic carbocycles. The van der Waals surface area contributed by atoms with Crippen molar-refractivity contribution in [1.82, 2.24) is 0 Å². The van der Waals surface area contributed by atoms with Gasteiger partial charge in [-0.1, -0.05) is 31.2 Å². The lowest BCUT2D eigenvalue weighted by Gasteiger charge is -2.13. The molecule has 1 heterocycles. The predicted octanol–water partition coefficient (Wildman–Crippen LogP) is 4.52. The van der Waals surface area contributed by atoms with Crippen LogP contribution in [0.5, 0.6) is 0 Å². The number of nitrogens with zero attached hydrogens (tertiary/aromatic N) is 1. The molecule has 3 aromatic rings. The van der Waals surface area contributed by atoms with Crippen LogP contribution < -0.4 is 4.57 Å². The monoisotopic (exact) mass is 312 g/mol. The van der Waals surface area contributed by atoms with Gasteiger partial charge in [-0.2, -0.15) is 0 Å². The molecule has 0 spiro atoms. The fourth-order valence-corrected chi connectivity index (χ4v) is 4.79. The first-order chi connectivity index (χ1) is 11.7. The van der Waals surface area contributed by atoms with Crippen LogP contribution in [0, 0.1) is 6.92 Å². The maximum Gasteiger partial charge on any atom is 0.216 e. The molecule has 0 N–H and O–H groups in total. The van der Waals surface area contributed by atoms with Crippen LogP contribution >= 0.6 is 0 Å². The van der Waals surface area contributed by atoms with Crippen LogP contribution in [-0.4, -0.2) is 0 Å². The number of fused-ring (bicyclic) bond motifs is 7. The molecule has 0 atom stereocenters. The smallest absolute Gasteiger partial charge is 0.201 e. The summed E-state index contributed by atoms with van der Waals surface area (Å²) in [6.07, 6.45) is 5.43. The largest absolute Gasteiger partial charge is 0.216 e. The highest BCUT2D eigenvalue weighted by atomic mass is 14.9. The minimum absolute atomic E-state index is 1.06. The molecule has 0 saturated carbocycles. The lowest BCUT2D eigenvalue weighted by Crippen LogP contribution is -2.30. The predicted molar refractivity (Wildman–Crippen MR) is 98.2 cm³/mol. The maximum absolute atomic E-state index is 2.37. The van der Waals surface area contributed by atoms with E-state index in [0.29, 0.717) is 0 Å². The lowest BCUT2D eigenvalue weighted by molar-refractivity contribution is -0.660. The molecule has 2 aliphatic rings. The number of rotatable bonds is 1. The molecule has 0 saturated heterocycles. The van der Waals surface area contributed by atoms with Crippen LogP contribution in [0.2, 0.25) is 0 Å². The van der Waals surface area contributed by atoms with Crippen molar-refractivity contribution in [3.05, 3.63) is 76.0 Å². The first-order valence-corrected chi connectivity index (χ1v) is 8.93. The lowest BCUT2D eigenvalue weighted by atomic mass is 9.90. The molecule has 0 radical (unpaired) electrons. The second-order valence-electron chi connectivity index (χ2n) is 7.22. The van der Waals surface area contributed by atoms with Crippen molar-refractivity contribution in [3.8, 4) is 22.4 Å². The van der Waals surface area contributed by atoms with E-state index in [2.05, 4.69) is 68.1 Å². The summed E-state index contributed by atoms with van der Waals surface area (Å²) in [6, 6.07) is 13.9. The summed E-state index contributed by atoms with van der Waals surface area (Å²) in [4.78, 5) is 0. The van der Waals surface area contributed by atoms with Crippen molar-refractivity contribution in [2.24, 2.45) is 7.05 Å². The van der Waals surface area contributed by atoms with Gasteiger partial charge in [-0.15, -0.1) is 0 Å². The van der Waals surface area contributed by atoms with Crippen molar-refractivity contribution in [2.45, 2.75) is 33.1 Å². The summed E-state index contributed by atoms with van der Waals surface area (Å²) in [5, 5.41) is 0.